The molecule has 1 saturated heterocycles. The minimum atomic E-state index is -0.369. The number of hydrogen-bond acceptors (Lipinski definition) is 5. The van der Waals surface area contributed by atoms with Crippen LogP contribution in [0.15, 0.2) is 47.0 Å². The minimum absolute atomic E-state index is 0.164. The first-order chi connectivity index (χ1) is 16.7. The third-order valence-electron chi connectivity index (χ3n) is 8.37. The summed E-state index contributed by atoms with van der Waals surface area (Å²) in [6.07, 6.45) is 12.5. The van der Waals surface area contributed by atoms with Gasteiger partial charge in [-0.15, -0.1) is 0 Å². The molecule has 2 fully saturated rings. The highest BCUT2D eigenvalue weighted by molar-refractivity contribution is 5.99. The van der Waals surface area contributed by atoms with E-state index in [2.05, 4.69) is 69.3 Å². The molecule has 1 aromatic carbocycles. The number of likely N-dealkylation sites (tertiary alicyclic amines) is 1. The van der Waals surface area contributed by atoms with Crippen molar-refractivity contribution in [2.45, 2.75) is 78.7 Å². The number of aryl methyl sites for hydroxylation is 2. The maximum absolute atomic E-state index is 13.4. The van der Waals surface area contributed by atoms with Crippen molar-refractivity contribution in [3.05, 3.63) is 53.1 Å². The smallest absolute Gasteiger partial charge is 0.245 e. The minimum Gasteiger partial charge on any atom is -0.341 e. The summed E-state index contributed by atoms with van der Waals surface area (Å²) in [5.41, 5.74) is 8.75. The summed E-state index contributed by atoms with van der Waals surface area (Å²) in [4.78, 5) is 22.8. The molecule has 188 valence electrons. The number of nitrogens with one attached hydrogen (secondary N) is 1. The Hall–Kier alpha value is -2.60. The monoisotopic (exact) mass is 475 g/mol. The second-order valence-electron chi connectivity index (χ2n) is 11.6. The normalized spacial score (nSPS) is 24.5. The number of benzene rings is 1. The molecule has 6 heteroatoms. The van der Waals surface area contributed by atoms with Gasteiger partial charge >= 0.3 is 0 Å². The number of piperidine rings is 1. The highest BCUT2D eigenvalue weighted by Gasteiger charge is 2.38. The number of carbonyl (C=O) groups is 1. The van der Waals surface area contributed by atoms with E-state index in [0.717, 1.165) is 43.3 Å². The van der Waals surface area contributed by atoms with Crippen LogP contribution >= 0.6 is 0 Å². The first-order valence-electron chi connectivity index (χ1n) is 13.4. The van der Waals surface area contributed by atoms with E-state index < -0.39 is 0 Å². The Morgan fingerprint density at radius 2 is 1.74 bits per heavy atom. The molecule has 0 bridgehead atoms. The zero-order chi connectivity index (χ0) is 24.7. The average molecular weight is 476 g/mol. The van der Waals surface area contributed by atoms with Crippen molar-refractivity contribution in [3.63, 3.8) is 0 Å². The first kappa shape index (κ1) is 24.1. The zero-order valence-corrected chi connectivity index (χ0v) is 22.1. The lowest BCUT2D eigenvalue weighted by molar-refractivity contribution is -0.133. The maximum atomic E-state index is 13.4. The van der Waals surface area contributed by atoms with E-state index in [-0.39, 0.29) is 11.9 Å². The number of hydrogen-bond donors (Lipinski definition) is 1. The Labute approximate surface area is 210 Å². The van der Waals surface area contributed by atoms with E-state index in [4.69, 9.17) is 4.99 Å². The molecular weight excluding hydrogens is 434 g/mol. The third-order valence-corrected chi connectivity index (χ3v) is 8.37. The van der Waals surface area contributed by atoms with Crippen LogP contribution in [0.5, 0.6) is 0 Å². The molecule has 1 amide bonds. The van der Waals surface area contributed by atoms with Crippen LogP contribution in [0.2, 0.25) is 0 Å². The lowest BCUT2D eigenvalue weighted by Crippen LogP contribution is -2.50. The lowest BCUT2D eigenvalue weighted by Gasteiger charge is -2.38. The van der Waals surface area contributed by atoms with Crippen LogP contribution in [0, 0.1) is 25.2 Å². The molecule has 6 nitrogen and oxygen atoms in total. The molecule has 4 aliphatic rings. The van der Waals surface area contributed by atoms with E-state index in [1.807, 2.05) is 16.0 Å². The molecule has 5 rings (SSSR count). The van der Waals surface area contributed by atoms with Crippen LogP contribution < -0.4 is 10.3 Å². The summed E-state index contributed by atoms with van der Waals surface area (Å²) in [7, 11) is 2.13. The quantitative estimate of drug-likeness (QED) is 0.643. The van der Waals surface area contributed by atoms with E-state index in [0.29, 0.717) is 11.3 Å². The number of nitrogens with zero attached hydrogens (tertiary/aromatic N) is 4. The summed E-state index contributed by atoms with van der Waals surface area (Å²) in [6, 6.07) is 6.07. The molecular formula is C29H41N5O. The molecule has 1 atom stereocenters. The van der Waals surface area contributed by atoms with Crippen molar-refractivity contribution in [1.82, 2.24) is 15.3 Å². The van der Waals surface area contributed by atoms with Gasteiger partial charge in [-0.1, -0.05) is 32.0 Å². The van der Waals surface area contributed by atoms with Gasteiger partial charge in [-0.25, -0.2) is 15.4 Å². The zero-order valence-electron chi connectivity index (χ0n) is 22.1. The van der Waals surface area contributed by atoms with Crippen molar-refractivity contribution < 1.29 is 4.79 Å². The highest BCUT2D eigenvalue weighted by Crippen LogP contribution is 2.41. The van der Waals surface area contributed by atoms with E-state index in [9.17, 15) is 4.79 Å². The number of anilines is 1. The Kier molecular flexibility index (Phi) is 6.51. The number of allylic oxidation sites excluding steroid dienone is 1. The number of aliphatic imine (C=N–C) groups is 1. The van der Waals surface area contributed by atoms with Gasteiger partial charge in [0.1, 0.15) is 17.7 Å². The summed E-state index contributed by atoms with van der Waals surface area (Å²) in [5.74, 6) is 2.52. The lowest BCUT2D eigenvalue weighted by atomic mass is 9.71. The molecule has 3 heterocycles. The van der Waals surface area contributed by atoms with Gasteiger partial charge in [-0.3, -0.25) is 4.79 Å². The molecule has 1 N–H and O–H groups in total. The summed E-state index contributed by atoms with van der Waals surface area (Å²) in [6.45, 7) is 10.8. The van der Waals surface area contributed by atoms with Crippen LogP contribution in [0.3, 0.4) is 0 Å². The second-order valence-corrected chi connectivity index (χ2v) is 11.6. The number of amides is 1. The molecule has 0 radical (unpaired) electrons. The van der Waals surface area contributed by atoms with Crippen molar-refractivity contribution in [1.29, 1.82) is 0 Å². The largest absolute Gasteiger partial charge is 0.341 e. The van der Waals surface area contributed by atoms with Gasteiger partial charge in [0, 0.05) is 43.5 Å². The first-order valence-corrected chi connectivity index (χ1v) is 13.4. The van der Waals surface area contributed by atoms with Gasteiger partial charge in [0.25, 0.3) is 0 Å². The molecule has 0 aromatic heterocycles. The van der Waals surface area contributed by atoms with Crippen LogP contribution in [0.4, 0.5) is 5.69 Å². The summed E-state index contributed by atoms with van der Waals surface area (Å²) >= 11 is 0. The van der Waals surface area contributed by atoms with E-state index in [1.54, 1.807) is 0 Å². The topological polar surface area (TPSA) is 51.2 Å². The number of fused-ring (bicyclic) bond motifs is 1. The van der Waals surface area contributed by atoms with Crippen LogP contribution in [-0.4, -0.2) is 47.7 Å². The van der Waals surface area contributed by atoms with Gasteiger partial charge in [-0.2, -0.15) is 0 Å². The van der Waals surface area contributed by atoms with Crippen molar-refractivity contribution in [2.75, 3.05) is 25.0 Å². The maximum Gasteiger partial charge on any atom is 0.245 e. The molecule has 1 aliphatic carbocycles. The number of hydrazine groups is 1. The number of para-hydroxylation sites is 1. The SMILES string of the molecule is Cc1cccc(C)c1N(C)C1=CC(C2CCC(C)(C)CC2)=NC2=CC(C(=O)N3CCCCC3)NN21. The van der Waals surface area contributed by atoms with Gasteiger partial charge in [0.15, 0.2) is 0 Å². The van der Waals surface area contributed by atoms with Crippen molar-refractivity contribution >= 4 is 17.3 Å². The van der Waals surface area contributed by atoms with Gasteiger partial charge in [-0.05, 0) is 81.4 Å². The van der Waals surface area contributed by atoms with Gasteiger partial charge < -0.3 is 9.80 Å². The van der Waals surface area contributed by atoms with Gasteiger partial charge in [0.05, 0.1) is 0 Å². The Balaban J connectivity index is 1.48. The van der Waals surface area contributed by atoms with E-state index in [1.165, 1.54) is 48.9 Å². The third kappa shape index (κ3) is 4.77. The molecule has 1 unspecified atom stereocenters. The molecule has 0 spiro atoms. The molecule has 3 aliphatic heterocycles. The van der Waals surface area contributed by atoms with E-state index >= 15 is 0 Å². The second kappa shape index (κ2) is 9.45. The fourth-order valence-electron chi connectivity index (χ4n) is 6.14. The number of carbonyl (C=O) groups excluding carboxylic acids is 1. The Morgan fingerprint density at radius 3 is 2.40 bits per heavy atom. The van der Waals surface area contributed by atoms with Crippen molar-refractivity contribution in [2.24, 2.45) is 16.3 Å². The summed E-state index contributed by atoms with van der Waals surface area (Å²) in [5, 5.41) is 2.04. The molecule has 35 heavy (non-hydrogen) atoms. The number of rotatable bonds is 4. The Bertz CT molecular complexity index is 1050. The molecule has 1 aromatic rings. The predicted molar refractivity (Wildman–Crippen MR) is 143 cm³/mol. The molecule has 1 saturated carbocycles. The van der Waals surface area contributed by atoms with Crippen LogP contribution in [0.25, 0.3) is 0 Å². The van der Waals surface area contributed by atoms with Crippen LogP contribution in [-0.2, 0) is 4.79 Å². The fourth-order valence-corrected chi connectivity index (χ4v) is 6.14. The summed E-state index contributed by atoms with van der Waals surface area (Å²) < 4.78 is 0. The predicted octanol–water partition coefficient (Wildman–Crippen LogP) is 5.29. The Morgan fingerprint density at radius 1 is 1.09 bits per heavy atom. The van der Waals surface area contributed by atoms with Crippen molar-refractivity contribution in [3.8, 4) is 0 Å². The van der Waals surface area contributed by atoms with Gasteiger partial charge in [0.2, 0.25) is 5.91 Å². The standard InChI is InChI=1S/C29H41N5O/c1-20-10-9-11-21(2)27(20)32(5)26-19-23(22-12-14-29(3,4)15-13-22)30-25-18-24(31-34(25)26)28(35)33-16-7-6-8-17-33/h9-11,18-19,22,24,31H,6-8,12-17H2,1-5H3. The fraction of sp³-hybridized carbons (Fsp3) is 0.586. The average Bonchev–Trinajstić information content (AvgIpc) is 3.27. The van der Waals surface area contributed by atoms with Crippen LogP contribution in [0.1, 0.15) is 69.9 Å². The highest BCUT2D eigenvalue weighted by atomic mass is 16.2.